The zero-order valence-electron chi connectivity index (χ0n) is 19.9. The number of nitrogens with zero attached hydrogens (tertiary/aromatic N) is 2. The number of carbonyl (C=O) groups is 1. The van der Waals surface area contributed by atoms with Crippen LogP contribution >= 0.6 is 0 Å². The van der Waals surface area contributed by atoms with Crippen LogP contribution in [0.2, 0.25) is 0 Å². The molecule has 0 bridgehead atoms. The van der Waals surface area contributed by atoms with Crippen LogP contribution < -0.4 is 10.0 Å². The van der Waals surface area contributed by atoms with Gasteiger partial charge in [-0.3, -0.25) is 4.79 Å². The van der Waals surface area contributed by atoms with E-state index in [1.54, 1.807) is 24.3 Å². The predicted molar refractivity (Wildman–Crippen MR) is 132 cm³/mol. The van der Waals surface area contributed by atoms with E-state index < -0.39 is 10.0 Å². The predicted octanol–water partition coefficient (Wildman–Crippen LogP) is 3.90. The Morgan fingerprint density at radius 3 is 2.35 bits per heavy atom. The highest BCUT2D eigenvalue weighted by Crippen LogP contribution is 2.39. The Balaban J connectivity index is 1.39. The summed E-state index contributed by atoms with van der Waals surface area (Å²) in [4.78, 5) is 17.6. The highest BCUT2D eigenvalue weighted by molar-refractivity contribution is 7.89. The van der Waals surface area contributed by atoms with Crippen molar-refractivity contribution in [3.63, 3.8) is 0 Å². The first kappa shape index (κ1) is 24.7. The summed E-state index contributed by atoms with van der Waals surface area (Å²) in [5.74, 6) is 0.286. The Kier molecular flexibility index (Phi) is 7.28. The molecule has 2 aromatic rings. The van der Waals surface area contributed by atoms with E-state index >= 15 is 0 Å². The van der Waals surface area contributed by atoms with E-state index in [1.165, 1.54) is 17.7 Å². The summed E-state index contributed by atoms with van der Waals surface area (Å²) in [6.45, 7) is 6.81. The summed E-state index contributed by atoms with van der Waals surface area (Å²) in [6.07, 6.45) is 4.08. The Hall–Kier alpha value is -2.45. The molecule has 2 aromatic carbocycles. The minimum Gasteiger partial charge on any atom is -0.368 e. The highest BCUT2D eigenvalue weighted by Gasteiger charge is 2.34. The van der Waals surface area contributed by atoms with Gasteiger partial charge in [0.25, 0.3) is 0 Å². The number of amides is 1. The summed E-state index contributed by atoms with van der Waals surface area (Å²) in [5.41, 5.74) is 3.22. The first-order chi connectivity index (χ1) is 16.1. The molecule has 2 aliphatic rings. The van der Waals surface area contributed by atoms with Crippen LogP contribution in [0.1, 0.15) is 50.2 Å². The fraction of sp³-hybridized carbons (Fsp3) is 0.500. The van der Waals surface area contributed by atoms with Crippen molar-refractivity contribution >= 4 is 21.6 Å². The van der Waals surface area contributed by atoms with Crippen molar-refractivity contribution < 1.29 is 17.6 Å². The first-order valence-corrected chi connectivity index (χ1v) is 13.6. The number of nitrogens with two attached hydrogens (primary N) is 1. The molecule has 2 N–H and O–H groups in total. The third-order valence-corrected chi connectivity index (χ3v) is 8.58. The van der Waals surface area contributed by atoms with Gasteiger partial charge in [-0.15, -0.1) is 0 Å². The number of sulfonamides is 1. The van der Waals surface area contributed by atoms with Crippen LogP contribution in [-0.2, 0) is 21.2 Å². The minimum atomic E-state index is -3.71. The molecule has 184 valence electrons. The second kappa shape index (κ2) is 10.0. The Bertz CT molecular complexity index is 1130. The van der Waals surface area contributed by atoms with E-state index in [-0.39, 0.29) is 34.4 Å². The molecular formula is C26H34FN3O3S. The van der Waals surface area contributed by atoms with Crippen molar-refractivity contribution in [2.75, 3.05) is 31.1 Å². The van der Waals surface area contributed by atoms with Gasteiger partial charge in [0.15, 0.2) is 0 Å². The average Bonchev–Trinajstić information content (AvgIpc) is 3.04. The smallest absolute Gasteiger partial charge is 0.238 e. The van der Waals surface area contributed by atoms with E-state index in [1.807, 2.05) is 17.9 Å². The Labute approximate surface area is 202 Å². The van der Waals surface area contributed by atoms with Crippen LogP contribution in [0, 0.1) is 17.7 Å². The molecule has 0 radical (unpaired) electrons. The number of halogens is 1. The molecule has 0 spiro atoms. The third-order valence-electron chi connectivity index (χ3n) is 7.65. The number of aryl methyl sites for hydroxylation is 1. The summed E-state index contributed by atoms with van der Waals surface area (Å²) in [7, 11) is -3.71. The Morgan fingerprint density at radius 1 is 1.03 bits per heavy atom. The maximum Gasteiger partial charge on any atom is 0.238 e. The molecular weight excluding hydrogens is 453 g/mol. The maximum atomic E-state index is 13.8. The molecule has 1 fully saturated rings. The van der Waals surface area contributed by atoms with E-state index in [4.69, 9.17) is 5.14 Å². The molecule has 1 aliphatic carbocycles. The highest BCUT2D eigenvalue weighted by atomic mass is 32.2. The van der Waals surface area contributed by atoms with Gasteiger partial charge in [-0.1, -0.05) is 26.3 Å². The molecule has 4 rings (SSSR count). The van der Waals surface area contributed by atoms with E-state index in [0.29, 0.717) is 26.2 Å². The lowest BCUT2D eigenvalue weighted by atomic mass is 9.76. The maximum absolute atomic E-state index is 13.8. The van der Waals surface area contributed by atoms with E-state index in [2.05, 4.69) is 11.8 Å². The van der Waals surface area contributed by atoms with Crippen LogP contribution in [-0.4, -0.2) is 45.4 Å². The van der Waals surface area contributed by atoms with Gasteiger partial charge in [0.2, 0.25) is 15.9 Å². The largest absolute Gasteiger partial charge is 0.368 e. The lowest BCUT2D eigenvalue weighted by Crippen LogP contribution is -2.51. The van der Waals surface area contributed by atoms with Gasteiger partial charge < -0.3 is 9.80 Å². The zero-order valence-corrected chi connectivity index (χ0v) is 20.7. The van der Waals surface area contributed by atoms with Crippen molar-refractivity contribution in [1.82, 2.24) is 4.90 Å². The molecule has 6 nitrogen and oxygen atoms in total. The fourth-order valence-corrected chi connectivity index (χ4v) is 5.94. The molecule has 1 amide bonds. The van der Waals surface area contributed by atoms with Crippen LogP contribution in [0.3, 0.4) is 0 Å². The fourth-order valence-electron chi connectivity index (χ4n) is 5.43. The van der Waals surface area contributed by atoms with Crippen LogP contribution in [0.25, 0.3) is 0 Å². The topological polar surface area (TPSA) is 83.7 Å². The zero-order chi connectivity index (χ0) is 24.5. The van der Waals surface area contributed by atoms with Gasteiger partial charge in [0.05, 0.1) is 4.90 Å². The molecule has 1 saturated heterocycles. The molecule has 1 heterocycles. The van der Waals surface area contributed by atoms with Gasteiger partial charge in [0.1, 0.15) is 5.82 Å². The SMILES string of the molecule is CC(C1CCCCc2cc(F)ccc21)[C@H](C)C(=O)N1CCN(c2ccc(S(N)(=O)=O)cc2)CC1. The van der Waals surface area contributed by atoms with Gasteiger partial charge in [0, 0.05) is 37.8 Å². The number of benzene rings is 2. The number of piperazine rings is 1. The van der Waals surface area contributed by atoms with E-state index in [0.717, 1.165) is 36.9 Å². The lowest BCUT2D eigenvalue weighted by Gasteiger charge is -2.39. The summed E-state index contributed by atoms with van der Waals surface area (Å²) >= 11 is 0. The van der Waals surface area contributed by atoms with Crippen molar-refractivity contribution in [3.05, 3.63) is 59.4 Å². The molecule has 8 heteroatoms. The normalized spacial score (nSPS) is 20.9. The van der Waals surface area contributed by atoms with Crippen molar-refractivity contribution in [3.8, 4) is 0 Å². The number of hydrogen-bond donors (Lipinski definition) is 1. The monoisotopic (exact) mass is 487 g/mol. The van der Waals surface area contributed by atoms with Gasteiger partial charge in [-0.25, -0.2) is 17.9 Å². The Morgan fingerprint density at radius 2 is 1.71 bits per heavy atom. The molecule has 34 heavy (non-hydrogen) atoms. The minimum absolute atomic E-state index is 0.0932. The van der Waals surface area contributed by atoms with Crippen LogP contribution in [0.4, 0.5) is 10.1 Å². The molecule has 1 aliphatic heterocycles. The van der Waals surface area contributed by atoms with Crippen LogP contribution in [0.5, 0.6) is 0 Å². The molecule has 0 saturated carbocycles. The average molecular weight is 488 g/mol. The van der Waals surface area contributed by atoms with Crippen molar-refractivity contribution in [1.29, 1.82) is 0 Å². The van der Waals surface area contributed by atoms with Gasteiger partial charge in [-0.05, 0) is 78.6 Å². The third kappa shape index (κ3) is 5.28. The lowest BCUT2D eigenvalue weighted by molar-refractivity contribution is -0.137. The van der Waals surface area contributed by atoms with Crippen LogP contribution in [0.15, 0.2) is 47.4 Å². The number of rotatable bonds is 5. The van der Waals surface area contributed by atoms with E-state index in [9.17, 15) is 17.6 Å². The van der Waals surface area contributed by atoms with Crippen molar-refractivity contribution in [2.24, 2.45) is 17.0 Å². The second-order valence-electron chi connectivity index (χ2n) is 9.69. The number of hydrogen-bond acceptors (Lipinski definition) is 4. The first-order valence-electron chi connectivity index (χ1n) is 12.1. The van der Waals surface area contributed by atoms with Gasteiger partial charge in [-0.2, -0.15) is 0 Å². The molecule has 0 aromatic heterocycles. The quantitative estimate of drug-likeness (QED) is 0.649. The number of primary sulfonamides is 1. The van der Waals surface area contributed by atoms with Crippen molar-refractivity contribution in [2.45, 2.75) is 50.3 Å². The number of anilines is 1. The summed E-state index contributed by atoms with van der Waals surface area (Å²) < 4.78 is 36.8. The molecule has 2 unspecified atom stereocenters. The number of carbonyl (C=O) groups excluding carboxylic acids is 1. The summed E-state index contributed by atoms with van der Waals surface area (Å²) in [5, 5.41) is 5.18. The number of fused-ring (bicyclic) bond motifs is 1. The second-order valence-corrected chi connectivity index (χ2v) is 11.3. The van der Waals surface area contributed by atoms with Gasteiger partial charge >= 0.3 is 0 Å². The molecule has 3 atom stereocenters. The standard InChI is InChI=1S/C26H34FN3O3S/c1-18(24-6-4-3-5-20-17-21(27)7-12-25(20)24)19(2)26(31)30-15-13-29(14-16-30)22-8-10-23(11-9-22)34(28,32)33/h7-12,17-19,24H,3-6,13-16H2,1-2H3,(H2,28,32,33)/t18?,19-,24?/m0/s1. The summed E-state index contributed by atoms with van der Waals surface area (Å²) in [6, 6.07) is 11.7.